The average molecular weight is 443 g/mol. The predicted octanol–water partition coefficient (Wildman–Crippen LogP) is 4.79. The lowest BCUT2D eigenvalue weighted by molar-refractivity contribution is 0.0987. The molecule has 0 amide bonds. The first-order chi connectivity index (χ1) is 15.3. The monoisotopic (exact) mass is 443 g/mol. The number of ketones is 1. The van der Waals surface area contributed by atoms with Gasteiger partial charge in [0.15, 0.2) is 17.2 Å². The summed E-state index contributed by atoms with van der Waals surface area (Å²) in [4.78, 5) is 17.3. The predicted molar refractivity (Wildman–Crippen MR) is 109 cm³/mol. The zero-order valence-corrected chi connectivity index (χ0v) is 16.8. The Kier molecular flexibility index (Phi) is 5.56. The molecule has 0 fully saturated rings. The van der Waals surface area contributed by atoms with Crippen LogP contribution < -0.4 is 10.5 Å². The van der Waals surface area contributed by atoms with E-state index in [0.717, 1.165) is 18.2 Å². The van der Waals surface area contributed by atoms with Crippen LogP contribution in [0.5, 0.6) is 5.75 Å². The molecule has 0 spiro atoms. The quantitative estimate of drug-likeness (QED) is 0.264. The van der Waals surface area contributed by atoms with Crippen LogP contribution >= 0.6 is 0 Å². The number of nitrogens with zero attached hydrogens (tertiary/aromatic N) is 2. The van der Waals surface area contributed by atoms with Crippen LogP contribution in [0.1, 0.15) is 27.3 Å². The van der Waals surface area contributed by atoms with Gasteiger partial charge in [0.2, 0.25) is 0 Å². The zero-order valence-electron chi connectivity index (χ0n) is 16.8. The molecular formula is C23H17F4N3O2. The number of nitrogens with two attached hydrogens (primary N) is 1. The molecule has 2 heterocycles. The van der Waals surface area contributed by atoms with Gasteiger partial charge in [-0.3, -0.25) is 9.20 Å². The highest BCUT2D eigenvalue weighted by Gasteiger charge is 2.21. The van der Waals surface area contributed by atoms with Gasteiger partial charge in [0.1, 0.15) is 35.6 Å². The highest BCUT2D eigenvalue weighted by molar-refractivity contribution is 5.98. The lowest BCUT2D eigenvalue weighted by Crippen LogP contribution is -2.11. The molecular weight excluding hydrogens is 426 g/mol. The number of halogens is 4. The number of carbonyl (C=O) groups is 1. The summed E-state index contributed by atoms with van der Waals surface area (Å²) in [5, 5.41) is 0. The Hall–Kier alpha value is -3.88. The highest BCUT2D eigenvalue weighted by atomic mass is 19.1. The number of rotatable bonds is 6. The van der Waals surface area contributed by atoms with Crippen LogP contribution in [-0.2, 0) is 13.0 Å². The molecule has 4 aromatic rings. The van der Waals surface area contributed by atoms with E-state index in [4.69, 9.17) is 10.5 Å². The van der Waals surface area contributed by atoms with Gasteiger partial charge in [-0.25, -0.2) is 22.5 Å². The molecule has 0 saturated carbocycles. The Morgan fingerprint density at radius 1 is 1.06 bits per heavy atom. The van der Waals surface area contributed by atoms with Gasteiger partial charge in [-0.2, -0.15) is 0 Å². The summed E-state index contributed by atoms with van der Waals surface area (Å²) in [5.74, 6) is -3.54. The van der Waals surface area contributed by atoms with Crippen LogP contribution in [-0.4, -0.2) is 15.2 Å². The molecule has 0 saturated heterocycles. The Morgan fingerprint density at radius 3 is 2.50 bits per heavy atom. The molecule has 164 valence electrons. The average Bonchev–Trinajstić information content (AvgIpc) is 3.08. The number of hydrogen-bond donors (Lipinski definition) is 1. The summed E-state index contributed by atoms with van der Waals surface area (Å²) in [6.07, 6.45) is 1.22. The Bertz CT molecular complexity index is 1330. The second-order valence-corrected chi connectivity index (χ2v) is 7.16. The Morgan fingerprint density at radius 2 is 1.78 bits per heavy atom. The number of nitrogen functional groups attached to an aromatic ring is 1. The number of pyridine rings is 1. The van der Waals surface area contributed by atoms with Gasteiger partial charge < -0.3 is 10.5 Å². The number of ether oxygens (including phenoxy) is 1. The highest BCUT2D eigenvalue weighted by Crippen LogP contribution is 2.26. The maximum Gasteiger partial charge on any atom is 0.185 e. The van der Waals surface area contributed by atoms with Crippen LogP contribution in [0.25, 0.3) is 5.65 Å². The molecule has 0 radical (unpaired) electrons. The van der Waals surface area contributed by atoms with E-state index in [0.29, 0.717) is 11.8 Å². The number of benzene rings is 2. The SMILES string of the molecule is Cc1nc2c(OCc3c(F)cccc3F)cccn2c1C(=O)Cc1cc(F)cc(F)c1N. The number of anilines is 1. The number of carbonyl (C=O) groups excluding carboxylic acids is 1. The van der Waals surface area contributed by atoms with Crippen molar-refractivity contribution < 1.29 is 27.1 Å². The third-order valence-electron chi connectivity index (χ3n) is 5.02. The van der Waals surface area contributed by atoms with Crippen LogP contribution in [0.2, 0.25) is 0 Å². The van der Waals surface area contributed by atoms with Crippen molar-refractivity contribution in [1.29, 1.82) is 0 Å². The van der Waals surface area contributed by atoms with Gasteiger partial charge in [-0.1, -0.05) is 6.07 Å². The largest absolute Gasteiger partial charge is 0.485 e. The number of hydrogen-bond acceptors (Lipinski definition) is 4. The first-order valence-electron chi connectivity index (χ1n) is 9.56. The van der Waals surface area contributed by atoms with E-state index < -0.39 is 29.1 Å². The number of aromatic nitrogens is 2. The van der Waals surface area contributed by atoms with E-state index >= 15 is 0 Å². The molecule has 2 aromatic heterocycles. The summed E-state index contributed by atoms with van der Waals surface area (Å²) in [5.41, 5.74) is 5.90. The minimum absolute atomic E-state index is 0.0179. The Labute approximate surface area is 180 Å². The summed E-state index contributed by atoms with van der Waals surface area (Å²) in [7, 11) is 0. The fourth-order valence-electron chi connectivity index (χ4n) is 3.47. The van der Waals surface area contributed by atoms with Gasteiger partial charge >= 0.3 is 0 Å². The second kappa shape index (κ2) is 8.33. The van der Waals surface area contributed by atoms with Crippen molar-refractivity contribution >= 4 is 17.1 Å². The van der Waals surface area contributed by atoms with Crippen LogP contribution in [0.4, 0.5) is 23.2 Å². The van der Waals surface area contributed by atoms with E-state index in [9.17, 15) is 22.4 Å². The lowest BCUT2D eigenvalue weighted by atomic mass is 10.0. The van der Waals surface area contributed by atoms with E-state index in [1.165, 1.54) is 10.5 Å². The maximum atomic E-state index is 13.9. The summed E-state index contributed by atoms with van der Waals surface area (Å²) in [6, 6.07) is 8.28. The third kappa shape index (κ3) is 3.89. The summed E-state index contributed by atoms with van der Waals surface area (Å²) >= 11 is 0. The molecule has 2 N–H and O–H groups in total. The van der Waals surface area contributed by atoms with Crippen LogP contribution in [0.3, 0.4) is 0 Å². The fraction of sp³-hybridized carbons (Fsp3) is 0.130. The maximum absolute atomic E-state index is 13.9. The number of fused-ring (bicyclic) bond motifs is 1. The topological polar surface area (TPSA) is 69.6 Å². The molecule has 0 bridgehead atoms. The molecule has 0 aliphatic carbocycles. The fourth-order valence-corrected chi connectivity index (χ4v) is 3.47. The second-order valence-electron chi connectivity index (χ2n) is 7.16. The molecule has 0 aliphatic rings. The van der Waals surface area contributed by atoms with Crippen molar-refractivity contribution in [2.45, 2.75) is 20.0 Å². The molecule has 2 aromatic carbocycles. The molecule has 32 heavy (non-hydrogen) atoms. The first-order valence-corrected chi connectivity index (χ1v) is 9.56. The van der Waals surface area contributed by atoms with Crippen molar-refractivity contribution in [3.05, 3.63) is 94.4 Å². The first kappa shape index (κ1) is 21.4. The molecule has 4 rings (SSSR count). The van der Waals surface area contributed by atoms with E-state index in [2.05, 4.69) is 4.98 Å². The van der Waals surface area contributed by atoms with Gasteiger partial charge in [-0.05, 0) is 42.8 Å². The Balaban J connectivity index is 1.66. The van der Waals surface area contributed by atoms with E-state index in [1.54, 1.807) is 25.3 Å². The zero-order chi connectivity index (χ0) is 23.0. The van der Waals surface area contributed by atoms with E-state index in [-0.39, 0.29) is 46.9 Å². The van der Waals surface area contributed by atoms with Gasteiger partial charge in [0.25, 0.3) is 0 Å². The molecule has 9 heteroatoms. The van der Waals surface area contributed by atoms with Crippen molar-refractivity contribution in [3.8, 4) is 5.75 Å². The normalized spacial score (nSPS) is 11.2. The molecule has 5 nitrogen and oxygen atoms in total. The van der Waals surface area contributed by atoms with Crippen LogP contribution in [0, 0.1) is 30.2 Å². The molecule has 0 atom stereocenters. The van der Waals surface area contributed by atoms with Crippen molar-refractivity contribution in [2.75, 3.05) is 5.73 Å². The van der Waals surface area contributed by atoms with E-state index in [1.807, 2.05) is 0 Å². The van der Waals surface area contributed by atoms with Crippen molar-refractivity contribution in [2.24, 2.45) is 0 Å². The summed E-state index contributed by atoms with van der Waals surface area (Å²) < 4.78 is 62.1. The lowest BCUT2D eigenvalue weighted by Gasteiger charge is -2.10. The minimum atomic E-state index is -0.946. The van der Waals surface area contributed by atoms with Gasteiger partial charge in [-0.15, -0.1) is 0 Å². The molecule has 0 unspecified atom stereocenters. The van der Waals surface area contributed by atoms with Crippen molar-refractivity contribution in [3.63, 3.8) is 0 Å². The van der Waals surface area contributed by atoms with Crippen molar-refractivity contribution in [1.82, 2.24) is 9.38 Å². The minimum Gasteiger partial charge on any atom is -0.485 e. The summed E-state index contributed by atoms with van der Waals surface area (Å²) in [6.45, 7) is 1.21. The molecule has 0 aliphatic heterocycles. The van der Waals surface area contributed by atoms with Gasteiger partial charge in [0.05, 0.1) is 16.9 Å². The number of aryl methyl sites for hydroxylation is 1. The standard InChI is InChI=1S/C23H17F4N3O2/c1-12-22(19(31)9-13-8-14(24)10-18(27)21(13)28)30-7-3-6-20(23(30)29-12)32-11-15-16(25)4-2-5-17(15)26/h2-8,10H,9,11,28H2,1H3. The van der Waals surface area contributed by atoms with Crippen LogP contribution in [0.15, 0.2) is 48.7 Å². The smallest absolute Gasteiger partial charge is 0.185 e. The van der Waals surface area contributed by atoms with Gasteiger partial charge in [0, 0.05) is 18.7 Å². The number of Topliss-reactive ketones (excluding diaryl/α,β-unsaturated/α-hetero) is 1. The number of imidazole rings is 1. The third-order valence-corrected chi connectivity index (χ3v) is 5.02.